The zero-order valence-electron chi connectivity index (χ0n) is 10.00. The lowest BCUT2D eigenvalue weighted by atomic mass is 10.1. The van der Waals surface area contributed by atoms with Crippen molar-refractivity contribution in [1.29, 1.82) is 0 Å². The lowest BCUT2D eigenvalue weighted by Crippen LogP contribution is -2.37. The number of aliphatic carboxylic acids is 1. The van der Waals surface area contributed by atoms with Crippen LogP contribution in [0.5, 0.6) is 0 Å². The molecule has 0 bridgehead atoms. The summed E-state index contributed by atoms with van der Waals surface area (Å²) in [6.45, 7) is 0. The van der Waals surface area contributed by atoms with E-state index in [2.05, 4.69) is 5.32 Å². The monoisotopic (exact) mass is 283 g/mol. The summed E-state index contributed by atoms with van der Waals surface area (Å²) in [5.74, 6) is -3.14. The van der Waals surface area contributed by atoms with E-state index >= 15 is 0 Å². The van der Waals surface area contributed by atoms with Crippen molar-refractivity contribution >= 4 is 27.4 Å². The Morgan fingerprint density at radius 3 is 2.74 bits per heavy atom. The first-order valence-electron chi connectivity index (χ1n) is 5.72. The molecule has 1 heterocycles. The van der Waals surface area contributed by atoms with E-state index in [9.17, 15) is 18.0 Å². The lowest BCUT2D eigenvalue weighted by molar-refractivity contribution is -0.134. The molecule has 0 spiro atoms. The van der Waals surface area contributed by atoms with E-state index in [-0.39, 0.29) is 6.42 Å². The van der Waals surface area contributed by atoms with Crippen LogP contribution in [0.2, 0.25) is 0 Å². The minimum Gasteiger partial charge on any atom is -0.480 e. The first-order valence-corrected chi connectivity index (χ1v) is 7.44. The van der Waals surface area contributed by atoms with E-state index in [0.717, 1.165) is 5.56 Å². The standard InChI is InChI=1S/C12H13NO5S/c14-11(15)7-19(17,18)10-6-5-8-3-1-2-4-9(8)13-12(10)16/h1-4,10H,5-7H2,(H,13,16)(H,14,15). The fourth-order valence-corrected chi connectivity index (χ4v) is 3.51. The Labute approximate surface area is 110 Å². The van der Waals surface area contributed by atoms with Gasteiger partial charge in [0.1, 0.15) is 11.0 Å². The molecule has 102 valence electrons. The number of carboxylic acid groups (broad SMARTS) is 1. The van der Waals surface area contributed by atoms with Crippen LogP contribution >= 0.6 is 0 Å². The van der Waals surface area contributed by atoms with Gasteiger partial charge in [-0.3, -0.25) is 9.59 Å². The smallest absolute Gasteiger partial charge is 0.318 e. The molecule has 0 aliphatic carbocycles. The second kappa shape index (κ2) is 5.00. The predicted octanol–water partition coefficient (Wildman–Crippen LogP) is 0.439. The van der Waals surface area contributed by atoms with Gasteiger partial charge in [0.25, 0.3) is 0 Å². The summed E-state index contributed by atoms with van der Waals surface area (Å²) < 4.78 is 23.7. The van der Waals surface area contributed by atoms with Gasteiger partial charge in [0.05, 0.1) is 0 Å². The Kier molecular flexibility index (Phi) is 3.57. The molecule has 1 aromatic carbocycles. The molecule has 1 unspecified atom stereocenters. The van der Waals surface area contributed by atoms with Crippen molar-refractivity contribution in [3.05, 3.63) is 29.8 Å². The van der Waals surface area contributed by atoms with Crippen LogP contribution in [0, 0.1) is 0 Å². The van der Waals surface area contributed by atoms with Gasteiger partial charge in [-0.2, -0.15) is 0 Å². The van der Waals surface area contributed by atoms with Crippen molar-refractivity contribution in [3.63, 3.8) is 0 Å². The Morgan fingerprint density at radius 2 is 2.05 bits per heavy atom. The highest BCUT2D eigenvalue weighted by molar-refractivity contribution is 7.93. The van der Waals surface area contributed by atoms with Crippen molar-refractivity contribution in [3.8, 4) is 0 Å². The topological polar surface area (TPSA) is 101 Å². The number of nitrogens with one attached hydrogen (secondary N) is 1. The van der Waals surface area contributed by atoms with Crippen molar-refractivity contribution in [2.45, 2.75) is 18.1 Å². The minimum absolute atomic E-state index is 0.0957. The number of amides is 1. The zero-order chi connectivity index (χ0) is 14.0. The van der Waals surface area contributed by atoms with Crippen molar-refractivity contribution < 1.29 is 23.1 Å². The third-order valence-corrected chi connectivity index (χ3v) is 4.97. The number of carbonyl (C=O) groups is 2. The first-order chi connectivity index (χ1) is 8.90. The normalized spacial score (nSPS) is 19.2. The highest BCUT2D eigenvalue weighted by Crippen LogP contribution is 2.24. The van der Waals surface area contributed by atoms with Crippen LogP contribution in [0.3, 0.4) is 0 Å². The molecule has 0 saturated heterocycles. The van der Waals surface area contributed by atoms with E-state index in [1.54, 1.807) is 18.2 Å². The SMILES string of the molecule is O=C(O)CS(=O)(=O)C1CCc2ccccc2NC1=O. The van der Waals surface area contributed by atoms with Crippen molar-refractivity contribution in [2.24, 2.45) is 0 Å². The molecule has 1 atom stereocenters. The molecular weight excluding hydrogens is 270 g/mol. The highest BCUT2D eigenvalue weighted by Gasteiger charge is 2.35. The molecule has 0 fully saturated rings. The molecule has 7 heteroatoms. The molecule has 1 amide bonds. The number of aryl methyl sites for hydroxylation is 1. The number of rotatable bonds is 3. The van der Waals surface area contributed by atoms with Gasteiger partial charge >= 0.3 is 5.97 Å². The van der Waals surface area contributed by atoms with Crippen LogP contribution in [0.4, 0.5) is 5.69 Å². The number of sulfone groups is 1. The van der Waals surface area contributed by atoms with Gasteiger partial charge in [-0.25, -0.2) is 8.42 Å². The summed E-state index contributed by atoms with van der Waals surface area (Å²) in [7, 11) is -3.98. The molecule has 0 aromatic heterocycles. The largest absolute Gasteiger partial charge is 0.480 e. The predicted molar refractivity (Wildman–Crippen MR) is 68.6 cm³/mol. The maximum atomic E-state index is 11.9. The molecule has 19 heavy (non-hydrogen) atoms. The Balaban J connectivity index is 2.28. The van der Waals surface area contributed by atoms with Crippen molar-refractivity contribution in [2.75, 3.05) is 11.1 Å². The van der Waals surface area contributed by atoms with E-state index in [4.69, 9.17) is 5.11 Å². The Hall–Kier alpha value is -1.89. The average Bonchev–Trinajstić information content (AvgIpc) is 2.45. The van der Waals surface area contributed by atoms with Crippen LogP contribution in [0.1, 0.15) is 12.0 Å². The molecule has 6 nitrogen and oxygen atoms in total. The minimum atomic E-state index is -3.98. The van der Waals surface area contributed by atoms with E-state index in [1.807, 2.05) is 6.07 Å². The number of fused-ring (bicyclic) bond motifs is 1. The van der Waals surface area contributed by atoms with Crippen LogP contribution in [0.25, 0.3) is 0 Å². The summed E-state index contributed by atoms with van der Waals surface area (Å²) in [4.78, 5) is 22.5. The summed E-state index contributed by atoms with van der Waals surface area (Å²) in [6, 6.07) is 7.05. The molecular formula is C12H13NO5S. The van der Waals surface area contributed by atoms with Gasteiger partial charge in [-0.15, -0.1) is 0 Å². The molecule has 2 N–H and O–H groups in total. The molecule has 1 aliphatic rings. The average molecular weight is 283 g/mol. The Morgan fingerprint density at radius 1 is 1.37 bits per heavy atom. The number of benzene rings is 1. The molecule has 2 rings (SSSR count). The van der Waals surface area contributed by atoms with E-state index in [0.29, 0.717) is 12.1 Å². The van der Waals surface area contributed by atoms with Crippen LogP contribution < -0.4 is 5.32 Å². The number of para-hydroxylation sites is 1. The van der Waals surface area contributed by atoms with Gasteiger partial charge in [0, 0.05) is 5.69 Å². The van der Waals surface area contributed by atoms with Crippen LogP contribution in [-0.4, -0.2) is 36.4 Å². The molecule has 1 aromatic rings. The van der Waals surface area contributed by atoms with Crippen molar-refractivity contribution in [1.82, 2.24) is 0 Å². The third-order valence-electron chi connectivity index (χ3n) is 3.00. The summed E-state index contributed by atoms with van der Waals surface area (Å²) >= 11 is 0. The fourth-order valence-electron chi connectivity index (χ4n) is 2.11. The Bertz CT molecular complexity index is 623. The number of carbonyl (C=O) groups excluding carboxylic acids is 1. The summed E-state index contributed by atoms with van der Waals surface area (Å²) in [6.07, 6.45) is 0.511. The summed E-state index contributed by atoms with van der Waals surface area (Å²) in [5.41, 5.74) is 1.43. The highest BCUT2D eigenvalue weighted by atomic mass is 32.2. The second-order valence-electron chi connectivity index (χ2n) is 4.37. The number of anilines is 1. The van der Waals surface area contributed by atoms with Crippen LogP contribution in [0.15, 0.2) is 24.3 Å². The summed E-state index contributed by atoms with van der Waals surface area (Å²) in [5, 5.41) is 9.83. The number of hydrogen-bond donors (Lipinski definition) is 2. The molecule has 0 saturated carbocycles. The zero-order valence-corrected chi connectivity index (χ0v) is 10.8. The van der Waals surface area contributed by atoms with E-state index < -0.39 is 32.7 Å². The van der Waals surface area contributed by atoms with E-state index in [1.165, 1.54) is 0 Å². The quantitative estimate of drug-likeness (QED) is 0.838. The van der Waals surface area contributed by atoms with Gasteiger partial charge in [0.2, 0.25) is 5.91 Å². The number of carboxylic acids is 1. The van der Waals surface area contributed by atoms with Gasteiger partial charge in [-0.05, 0) is 24.5 Å². The molecule has 0 radical (unpaired) electrons. The van der Waals surface area contributed by atoms with Gasteiger partial charge in [-0.1, -0.05) is 18.2 Å². The number of hydrogen-bond acceptors (Lipinski definition) is 4. The van der Waals surface area contributed by atoms with Gasteiger partial charge < -0.3 is 10.4 Å². The maximum absolute atomic E-state index is 11.9. The fraction of sp³-hybridized carbons (Fsp3) is 0.333. The van der Waals surface area contributed by atoms with Crippen LogP contribution in [-0.2, 0) is 25.8 Å². The molecule has 1 aliphatic heterocycles. The lowest BCUT2D eigenvalue weighted by Gasteiger charge is -2.12. The third kappa shape index (κ3) is 2.93. The maximum Gasteiger partial charge on any atom is 0.318 e. The second-order valence-corrected chi connectivity index (χ2v) is 6.56. The first kappa shape index (κ1) is 13.5. The van der Waals surface area contributed by atoms with Gasteiger partial charge in [0.15, 0.2) is 9.84 Å².